The average Bonchev–Trinajstić information content (AvgIpc) is 2.75. The molecule has 148 valence electrons. The van der Waals surface area contributed by atoms with E-state index in [2.05, 4.69) is 60.7 Å². The molecule has 3 fully saturated rings. The lowest BCUT2D eigenvalue weighted by Crippen LogP contribution is -2.66. The molecule has 0 bridgehead atoms. The van der Waals surface area contributed by atoms with E-state index in [0.717, 1.165) is 38.9 Å². The van der Waals surface area contributed by atoms with Crippen molar-refractivity contribution in [2.24, 2.45) is 0 Å². The molecule has 0 radical (unpaired) electrons. The van der Waals surface area contributed by atoms with Gasteiger partial charge in [-0.15, -0.1) is 23.5 Å². The molecule has 0 aromatic heterocycles. The molecule has 0 saturated carbocycles. The van der Waals surface area contributed by atoms with E-state index in [1.54, 1.807) is 0 Å². The van der Waals surface area contributed by atoms with Crippen LogP contribution >= 0.6 is 23.5 Å². The largest absolute Gasteiger partial charge is 0.373 e. The summed E-state index contributed by atoms with van der Waals surface area (Å²) >= 11 is 3.82. The van der Waals surface area contributed by atoms with Crippen LogP contribution in [0.5, 0.6) is 0 Å². The second-order valence-corrected chi connectivity index (χ2v) is 10.6. The van der Waals surface area contributed by atoms with Gasteiger partial charge in [0.15, 0.2) is 0 Å². The smallest absolute Gasteiger partial charge is 0.127 e. The van der Waals surface area contributed by atoms with Gasteiger partial charge in [-0.3, -0.25) is 0 Å². The van der Waals surface area contributed by atoms with E-state index in [0.29, 0.717) is 0 Å². The third-order valence-electron chi connectivity index (χ3n) is 5.72. The van der Waals surface area contributed by atoms with Crippen molar-refractivity contribution in [3.63, 3.8) is 0 Å². The Morgan fingerprint density at radius 3 is 1.61 bits per heavy atom. The van der Waals surface area contributed by atoms with Crippen molar-refractivity contribution in [3.8, 4) is 0 Å². The van der Waals surface area contributed by atoms with Gasteiger partial charge in [-0.05, 0) is 49.9 Å². The maximum absolute atomic E-state index is 6.55. The summed E-state index contributed by atoms with van der Waals surface area (Å²) in [5.41, 5.74) is 0. The summed E-state index contributed by atoms with van der Waals surface area (Å²) in [6, 6.07) is 21.4. The third kappa shape index (κ3) is 3.63. The molecular formula is C23H26O3S2. The molecule has 3 heterocycles. The lowest BCUT2D eigenvalue weighted by Gasteiger charge is -2.56. The Morgan fingerprint density at radius 1 is 0.679 bits per heavy atom. The number of hydrogen-bond donors (Lipinski definition) is 0. The van der Waals surface area contributed by atoms with E-state index >= 15 is 0 Å². The Bertz CT molecular complexity index is 704. The fourth-order valence-corrected chi connectivity index (χ4v) is 7.93. The van der Waals surface area contributed by atoms with Crippen molar-refractivity contribution < 1.29 is 14.2 Å². The SMILES string of the molecule is c1ccc(SC2(Sc3ccccc3)[C@@H]3OCCC[C@H]3O[C@H]3CCCO[C@@H]32)cc1. The Balaban J connectivity index is 1.59. The highest BCUT2D eigenvalue weighted by Gasteiger charge is 2.60. The van der Waals surface area contributed by atoms with Crippen LogP contribution in [-0.4, -0.2) is 41.7 Å². The molecule has 0 spiro atoms. The molecule has 28 heavy (non-hydrogen) atoms. The van der Waals surface area contributed by atoms with Crippen LogP contribution in [0.2, 0.25) is 0 Å². The minimum Gasteiger partial charge on any atom is -0.373 e. The summed E-state index contributed by atoms with van der Waals surface area (Å²) in [6.07, 6.45) is 4.59. The molecule has 0 aliphatic carbocycles. The number of rotatable bonds is 4. The maximum atomic E-state index is 6.55. The van der Waals surface area contributed by atoms with Crippen LogP contribution in [0, 0.1) is 0 Å². The summed E-state index contributed by atoms with van der Waals surface area (Å²) in [5, 5.41) is 0. The van der Waals surface area contributed by atoms with E-state index in [1.165, 1.54) is 9.79 Å². The quantitative estimate of drug-likeness (QED) is 0.625. The van der Waals surface area contributed by atoms with E-state index in [1.807, 2.05) is 23.5 Å². The Labute approximate surface area is 175 Å². The standard InChI is InChI=1S/C23H26O3S2/c1-3-9-17(10-4-1)27-23(28-18-11-5-2-6-12-18)21-19(13-7-15-24-21)26-20-14-8-16-25-22(20)23/h1-6,9-12,19-22H,7-8,13-16H2/t19-,20+,21-,22+. The molecule has 0 N–H and O–H groups in total. The fourth-order valence-electron chi connectivity index (χ4n) is 4.52. The molecule has 3 nitrogen and oxygen atoms in total. The van der Waals surface area contributed by atoms with E-state index < -0.39 is 0 Å². The molecule has 2 aromatic carbocycles. The molecule has 3 saturated heterocycles. The van der Waals surface area contributed by atoms with Crippen LogP contribution < -0.4 is 0 Å². The van der Waals surface area contributed by atoms with Crippen LogP contribution in [-0.2, 0) is 14.2 Å². The van der Waals surface area contributed by atoms with Crippen molar-refractivity contribution in [1.82, 2.24) is 0 Å². The van der Waals surface area contributed by atoms with Crippen molar-refractivity contribution in [3.05, 3.63) is 60.7 Å². The van der Waals surface area contributed by atoms with E-state index in [9.17, 15) is 0 Å². The van der Waals surface area contributed by atoms with E-state index in [4.69, 9.17) is 14.2 Å². The predicted octanol–water partition coefficient (Wildman–Crippen LogP) is 5.39. The normalized spacial score (nSPS) is 31.6. The fraction of sp³-hybridized carbons (Fsp3) is 0.478. The monoisotopic (exact) mass is 414 g/mol. The van der Waals surface area contributed by atoms with Gasteiger partial charge in [-0.2, -0.15) is 0 Å². The zero-order valence-corrected chi connectivity index (χ0v) is 17.5. The van der Waals surface area contributed by atoms with Gasteiger partial charge in [0.25, 0.3) is 0 Å². The summed E-state index contributed by atoms with van der Waals surface area (Å²) in [7, 11) is 0. The van der Waals surface area contributed by atoms with E-state index in [-0.39, 0.29) is 28.5 Å². The first-order valence-corrected chi connectivity index (χ1v) is 11.9. The zero-order chi connectivity index (χ0) is 18.8. The van der Waals surface area contributed by atoms with Gasteiger partial charge in [0.05, 0.1) is 12.2 Å². The van der Waals surface area contributed by atoms with Gasteiger partial charge in [0.2, 0.25) is 0 Å². The van der Waals surface area contributed by atoms with Crippen LogP contribution in [0.3, 0.4) is 0 Å². The first-order chi connectivity index (χ1) is 13.9. The first-order valence-electron chi connectivity index (χ1n) is 10.2. The van der Waals surface area contributed by atoms with Gasteiger partial charge in [-0.1, -0.05) is 36.4 Å². The van der Waals surface area contributed by atoms with Crippen LogP contribution in [0.15, 0.2) is 70.5 Å². The highest BCUT2D eigenvalue weighted by atomic mass is 32.2. The minimum atomic E-state index is -0.267. The highest BCUT2D eigenvalue weighted by Crippen LogP contribution is 2.58. The summed E-state index contributed by atoms with van der Waals surface area (Å²) in [5.74, 6) is 0. The van der Waals surface area contributed by atoms with Gasteiger partial charge < -0.3 is 14.2 Å². The van der Waals surface area contributed by atoms with Crippen molar-refractivity contribution in [1.29, 1.82) is 0 Å². The summed E-state index contributed by atoms with van der Waals surface area (Å²) in [6.45, 7) is 1.60. The van der Waals surface area contributed by atoms with Gasteiger partial charge in [0, 0.05) is 23.0 Å². The predicted molar refractivity (Wildman–Crippen MR) is 114 cm³/mol. The van der Waals surface area contributed by atoms with Crippen molar-refractivity contribution in [2.45, 2.75) is 64.0 Å². The molecule has 3 aliphatic rings. The lowest BCUT2D eigenvalue weighted by molar-refractivity contribution is -0.228. The van der Waals surface area contributed by atoms with Gasteiger partial charge in [0.1, 0.15) is 16.3 Å². The summed E-state index contributed by atoms with van der Waals surface area (Å²) in [4.78, 5) is 2.52. The number of thioether (sulfide) groups is 2. The van der Waals surface area contributed by atoms with Crippen LogP contribution in [0.25, 0.3) is 0 Å². The third-order valence-corrected chi connectivity index (χ3v) is 8.80. The molecule has 0 unspecified atom stereocenters. The Morgan fingerprint density at radius 2 is 1.14 bits per heavy atom. The Hall–Kier alpha value is -0.980. The number of fused-ring (bicyclic) bond motifs is 2. The lowest BCUT2D eigenvalue weighted by atomic mass is 9.89. The second kappa shape index (κ2) is 8.41. The topological polar surface area (TPSA) is 27.7 Å². The average molecular weight is 415 g/mol. The molecule has 0 amide bonds. The van der Waals surface area contributed by atoms with Crippen molar-refractivity contribution >= 4 is 23.5 Å². The summed E-state index contributed by atoms with van der Waals surface area (Å²) < 4.78 is 19.2. The van der Waals surface area contributed by atoms with Gasteiger partial charge in [-0.25, -0.2) is 0 Å². The molecule has 3 aliphatic heterocycles. The molecule has 4 atom stereocenters. The number of ether oxygens (including phenoxy) is 3. The zero-order valence-electron chi connectivity index (χ0n) is 15.9. The molecule has 2 aromatic rings. The van der Waals surface area contributed by atoms with Gasteiger partial charge >= 0.3 is 0 Å². The Kier molecular flexibility index (Phi) is 5.71. The van der Waals surface area contributed by atoms with Crippen LogP contribution in [0.4, 0.5) is 0 Å². The minimum absolute atomic E-state index is 0.0102. The molecule has 5 heteroatoms. The maximum Gasteiger partial charge on any atom is 0.127 e. The highest BCUT2D eigenvalue weighted by molar-refractivity contribution is 8.18. The molecular weight excluding hydrogens is 388 g/mol. The number of benzene rings is 2. The second-order valence-electron chi connectivity index (χ2n) is 7.63. The molecule has 5 rings (SSSR count). The van der Waals surface area contributed by atoms with Crippen LogP contribution in [0.1, 0.15) is 25.7 Å². The first kappa shape index (κ1) is 19.0. The van der Waals surface area contributed by atoms with Crippen molar-refractivity contribution in [2.75, 3.05) is 13.2 Å². The number of hydrogen-bond acceptors (Lipinski definition) is 5.